The van der Waals surface area contributed by atoms with Crippen molar-refractivity contribution in [1.82, 2.24) is 19.8 Å². The molecular weight excluding hydrogens is 648 g/mol. The van der Waals surface area contributed by atoms with Gasteiger partial charge in [0.05, 0.1) is 17.1 Å². The SMILES string of the molecule is Cc1ccc(/C(=C\CN2CCCC2)c2cccc(C(=O)O)n2)cc1.O=C(O)/C=C/c1cccc(/C(=C/CN2CCCC2)c2ccc(Cl)cc2)n1. The third-order valence-corrected chi connectivity index (χ3v) is 8.96. The Morgan fingerprint density at radius 3 is 1.68 bits per heavy atom. The minimum Gasteiger partial charge on any atom is -0.478 e. The Kier molecular flexibility index (Phi) is 13.2. The highest BCUT2D eigenvalue weighted by molar-refractivity contribution is 6.30. The zero-order chi connectivity index (χ0) is 35.3. The molecule has 258 valence electrons. The number of halogens is 1. The van der Waals surface area contributed by atoms with E-state index < -0.39 is 11.9 Å². The van der Waals surface area contributed by atoms with Crippen molar-refractivity contribution in [3.05, 3.63) is 148 Å². The Morgan fingerprint density at radius 1 is 0.680 bits per heavy atom. The number of rotatable bonds is 11. The van der Waals surface area contributed by atoms with E-state index in [0.717, 1.165) is 73.3 Å². The van der Waals surface area contributed by atoms with E-state index in [1.165, 1.54) is 43.4 Å². The van der Waals surface area contributed by atoms with Crippen molar-refractivity contribution >= 4 is 40.8 Å². The predicted octanol–water partition coefficient (Wildman–Crippen LogP) is 7.98. The van der Waals surface area contributed by atoms with Crippen molar-refractivity contribution in [2.75, 3.05) is 39.3 Å². The Hall–Kier alpha value is -4.89. The van der Waals surface area contributed by atoms with Crippen LogP contribution in [0.4, 0.5) is 0 Å². The molecule has 4 heterocycles. The summed E-state index contributed by atoms with van der Waals surface area (Å²) in [6.45, 7) is 8.29. The fraction of sp³-hybridized carbons (Fsp3) is 0.268. The number of aryl methyl sites for hydroxylation is 1. The molecule has 0 bridgehead atoms. The summed E-state index contributed by atoms with van der Waals surface area (Å²) in [5, 5.41) is 18.7. The molecule has 9 heteroatoms. The normalized spacial score (nSPS) is 15.6. The summed E-state index contributed by atoms with van der Waals surface area (Å²) in [6, 6.07) is 26.8. The molecule has 0 unspecified atom stereocenters. The van der Waals surface area contributed by atoms with E-state index in [1.54, 1.807) is 12.1 Å². The van der Waals surface area contributed by atoms with Gasteiger partial charge in [0, 0.05) is 35.3 Å². The van der Waals surface area contributed by atoms with E-state index in [-0.39, 0.29) is 5.69 Å². The van der Waals surface area contributed by atoms with Gasteiger partial charge in [-0.25, -0.2) is 19.6 Å². The van der Waals surface area contributed by atoms with Gasteiger partial charge in [0.2, 0.25) is 0 Å². The van der Waals surface area contributed by atoms with Crippen molar-refractivity contribution in [2.45, 2.75) is 32.6 Å². The molecular formula is C41H43ClN4O4. The number of aliphatic carboxylic acids is 1. The van der Waals surface area contributed by atoms with Gasteiger partial charge in [-0.1, -0.05) is 77.8 Å². The maximum Gasteiger partial charge on any atom is 0.354 e. The van der Waals surface area contributed by atoms with Crippen LogP contribution in [0.5, 0.6) is 0 Å². The highest BCUT2D eigenvalue weighted by atomic mass is 35.5. The quantitative estimate of drug-likeness (QED) is 0.153. The molecule has 2 N–H and O–H groups in total. The highest BCUT2D eigenvalue weighted by Crippen LogP contribution is 2.26. The summed E-state index contributed by atoms with van der Waals surface area (Å²) in [4.78, 5) is 35.8. The third kappa shape index (κ3) is 10.8. The Bertz CT molecular complexity index is 1840. The van der Waals surface area contributed by atoms with Crippen molar-refractivity contribution in [3.63, 3.8) is 0 Å². The molecule has 50 heavy (non-hydrogen) atoms. The number of likely N-dealkylation sites (tertiary alicyclic amines) is 2. The molecule has 0 atom stereocenters. The average molecular weight is 691 g/mol. The van der Waals surface area contributed by atoms with E-state index in [2.05, 4.69) is 63.1 Å². The number of aromatic carboxylic acids is 1. The maximum absolute atomic E-state index is 11.2. The fourth-order valence-electron chi connectivity index (χ4n) is 6.03. The number of carbonyl (C=O) groups is 2. The molecule has 2 fully saturated rings. The van der Waals surface area contributed by atoms with Gasteiger partial charge < -0.3 is 10.2 Å². The van der Waals surface area contributed by atoms with Crippen LogP contribution in [0.25, 0.3) is 17.2 Å². The first kappa shape index (κ1) is 36.4. The van der Waals surface area contributed by atoms with Crippen LogP contribution >= 0.6 is 11.6 Å². The van der Waals surface area contributed by atoms with Gasteiger partial charge in [-0.05, 0) is 112 Å². The number of pyridine rings is 2. The summed E-state index contributed by atoms with van der Waals surface area (Å²) in [6.07, 6.45) is 12.0. The molecule has 0 radical (unpaired) electrons. The van der Waals surface area contributed by atoms with Gasteiger partial charge >= 0.3 is 11.9 Å². The molecule has 0 amide bonds. The summed E-state index contributed by atoms with van der Waals surface area (Å²) >= 11 is 6.03. The van der Waals surface area contributed by atoms with E-state index >= 15 is 0 Å². The second-order valence-corrected chi connectivity index (χ2v) is 12.9. The first-order valence-electron chi connectivity index (χ1n) is 17.0. The lowest BCUT2D eigenvalue weighted by molar-refractivity contribution is -0.131. The van der Waals surface area contributed by atoms with Gasteiger partial charge in [0.25, 0.3) is 0 Å². The zero-order valence-corrected chi connectivity index (χ0v) is 29.1. The maximum atomic E-state index is 11.2. The van der Waals surface area contributed by atoms with Crippen LogP contribution in [0, 0.1) is 6.92 Å². The lowest BCUT2D eigenvalue weighted by Gasteiger charge is -2.14. The topological polar surface area (TPSA) is 107 Å². The van der Waals surface area contributed by atoms with Crippen LogP contribution in [0.2, 0.25) is 5.02 Å². The lowest BCUT2D eigenvalue weighted by atomic mass is 10.00. The molecule has 2 aromatic carbocycles. The Labute approximate surface area is 299 Å². The van der Waals surface area contributed by atoms with E-state index in [9.17, 15) is 14.7 Å². The van der Waals surface area contributed by atoms with Gasteiger partial charge in [0.15, 0.2) is 0 Å². The van der Waals surface area contributed by atoms with Gasteiger partial charge in [-0.3, -0.25) is 9.80 Å². The smallest absolute Gasteiger partial charge is 0.354 e. The monoisotopic (exact) mass is 690 g/mol. The number of hydrogen-bond acceptors (Lipinski definition) is 6. The van der Waals surface area contributed by atoms with Crippen molar-refractivity contribution in [2.24, 2.45) is 0 Å². The van der Waals surface area contributed by atoms with Crippen LogP contribution in [-0.4, -0.2) is 81.2 Å². The standard InChI is InChI=1S/C21H21ClN2O2.C20H22N2O2/c22-17-8-6-16(7-9-17)19(12-15-24-13-1-2-14-24)20-5-3-4-18(23-20)10-11-21(25)26;1-15-7-9-16(10-8-15)17(11-14-22-12-2-3-13-22)18-5-4-6-19(21-18)20(23)24/h3-12H,1-2,13-15H2,(H,25,26);4-11H,2-3,12-14H2,1H3,(H,23,24)/b11-10+,19-12+;17-11+. The second-order valence-electron chi connectivity index (χ2n) is 12.5. The number of aromatic nitrogens is 2. The van der Waals surface area contributed by atoms with E-state index in [4.69, 9.17) is 16.7 Å². The zero-order valence-electron chi connectivity index (χ0n) is 28.3. The summed E-state index contributed by atoms with van der Waals surface area (Å²) < 4.78 is 0. The third-order valence-electron chi connectivity index (χ3n) is 8.71. The summed E-state index contributed by atoms with van der Waals surface area (Å²) in [5.41, 5.74) is 7.54. The largest absolute Gasteiger partial charge is 0.478 e. The van der Waals surface area contributed by atoms with Crippen LogP contribution < -0.4 is 0 Å². The molecule has 2 aliphatic heterocycles. The van der Waals surface area contributed by atoms with Crippen molar-refractivity contribution < 1.29 is 19.8 Å². The summed E-state index contributed by atoms with van der Waals surface area (Å²) in [7, 11) is 0. The lowest BCUT2D eigenvalue weighted by Crippen LogP contribution is -2.19. The number of benzene rings is 2. The van der Waals surface area contributed by atoms with Crippen LogP contribution in [0.1, 0.15) is 69.9 Å². The minimum absolute atomic E-state index is 0.0756. The highest BCUT2D eigenvalue weighted by Gasteiger charge is 2.15. The first-order valence-corrected chi connectivity index (χ1v) is 17.4. The van der Waals surface area contributed by atoms with Crippen LogP contribution in [0.3, 0.4) is 0 Å². The molecule has 2 saturated heterocycles. The van der Waals surface area contributed by atoms with E-state index in [1.807, 2.05) is 42.5 Å². The number of carboxylic acid groups (broad SMARTS) is 2. The van der Waals surface area contributed by atoms with Crippen molar-refractivity contribution in [3.8, 4) is 0 Å². The number of nitrogens with zero attached hydrogens (tertiary/aromatic N) is 4. The molecule has 0 spiro atoms. The second kappa shape index (κ2) is 18.2. The number of carboxylic acids is 2. The first-order chi connectivity index (χ1) is 24.2. The molecule has 4 aromatic rings. The molecule has 0 aliphatic carbocycles. The molecule has 8 nitrogen and oxygen atoms in total. The van der Waals surface area contributed by atoms with Gasteiger partial charge in [-0.2, -0.15) is 0 Å². The minimum atomic E-state index is -1.00. The Balaban J connectivity index is 0.000000195. The van der Waals surface area contributed by atoms with Gasteiger partial charge in [0.1, 0.15) is 5.69 Å². The average Bonchev–Trinajstić information content (AvgIpc) is 3.85. The van der Waals surface area contributed by atoms with Gasteiger partial charge in [-0.15, -0.1) is 0 Å². The van der Waals surface area contributed by atoms with Crippen molar-refractivity contribution in [1.29, 1.82) is 0 Å². The summed E-state index contributed by atoms with van der Waals surface area (Å²) in [5.74, 6) is -1.99. The number of hydrogen-bond donors (Lipinski definition) is 2. The Morgan fingerprint density at radius 2 is 1.16 bits per heavy atom. The predicted molar refractivity (Wildman–Crippen MR) is 200 cm³/mol. The van der Waals surface area contributed by atoms with Crippen LogP contribution in [0.15, 0.2) is 103 Å². The fourth-order valence-corrected chi connectivity index (χ4v) is 6.16. The van der Waals surface area contributed by atoms with Crippen LogP contribution in [-0.2, 0) is 4.79 Å². The molecule has 2 aromatic heterocycles. The molecule has 6 rings (SSSR count). The molecule has 0 saturated carbocycles. The van der Waals surface area contributed by atoms with E-state index in [0.29, 0.717) is 16.4 Å². The molecule has 2 aliphatic rings.